The largest absolute Gasteiger partial charge is 0.369 e. The van der Waals surface area contributed by atoms with Gasteiger partial charge in [-0.15, -0.1) is 10.2 Å². The average molecular weight is 186 g/mol. The molecule has 64 valence electrons. The number of hydrogen-bond acceptors (Lipinski definition) is 3. The minimum atomic E-state index is -0.502. The molecular formula is C6H8ClN5. The van der Waals surface area contributed by atoms with Gasteiger partial charge in [0.05, 0.1) is 0 Å². The third-order valence-corrected chi connectivity index (χ3v) is 1.43. The van der Waals surface area contributed by atoms with Crippen LogP contribution in [0.15, 0.2) is 27.3 Å². The number of rotatable bonds is 1. The van der Waals surface area contributed by atoms with Gasteiger partial charge in [-0.25, -0.2) is 0 Å². The lowest BCUT2D eigenvalue weighted by atomic mass is 10.3. The zero-order chi connectivity index (χ0) is 8.97. The van der Waals surface area contributed by atoms with Gasteiger partial charge in [-0.3, -0.25) is 4.99 Å². The summed E-state index contributed by atoms with van der Waals surface area (Å²) < 4.78 is 0. The third-order valence-electron chi connectivity index (χ3n) is 1.09. The number of nitrogens with zero attached hydrogens (tertiary/aromatic N) is 3. The number of nitrogens with two attached hydrogens (primary N) is 2. The number of allylic oxidation sites excluding steroid dienone is 1. The SMILES string of the molecule is NC(N)=NN=C1C=CC=NC1Cl. The first-order valence-corrected chi connectivity index (χ1v) is 3.64. The number of alkyl halides is 1. The molecule has 0 aliphatic carbocycles. The summed E-state index contributed by atoms with van der Waals surface area (Å²) in [5.41, 5.74) is 10.2. The van der Waals surface area contributed by atoms with Crippen LogP contribution in [0.2, 0.25) is 0 Å². The van der Waals surface area contributed by atoms with Crippen LogP contribution in [0.5, 0.6) is 0 Å². The average Bonchev–Trinajstić information content (AvgIpc) is 2.03. The van der Waals surface area contributed by atoms with Gasteiger partial charge < -0.3 is 11.5 Å². The van der Waals surface area contributed by atoms with Crippen molar-refractivity contribution < 1.29 is 0 Å². The molecule has 0 radical (unpaired) electrons. The zero-order valence-corrected chi connectivity index (χ0v) is 6.94. The Hall–Kier alpha value is -1.36. The summed E-state index contributed by atoms with van der Waals surface area (Å²) in [7, 11) is 0. The lowest BCUT2D eigenvalue weighted by Gasteiger charge is -2.04. The van der Waals surface area contributed by atoms with Crippen LogP contribution in [0, 0.1) is 0 Å². The normalized spacial score (nSPS) is 24.4. The Morgan fingerprint density at radius 2 is 2.33 bits per heavy atom. The molecule has 0 saturated heterocycles. The third kappa shape index (κ3) is 2.35. The highest BCUT2D eigenvalue weighted by molar-refractivity contribution is 6.35. The molecule has 0 aromatic heterocycles. The van der Waals surface area contributed by atoms with E-state index in [1.165, 1.54) is 0 Å². The Kier molecular flexibility index (Phi) is 2.82. The van der Waals surface area contributed by atoms with Gasteiger partial charge >= 0.3 is 0 Å². The molecule has 5 nitrogen and oxygen atoms in total. The Morgan fingerprint density at radius 3 is 2.92 bits per heavy atom. The Balaban J connectivity index is 2.75. The first-order chi connectivity index (χ1) is 5.70. The molecule has 0 bridgehead atoms. The standard InChI is InChI=1S/C6H8ClN5/c7-5-4(2-1-3-10-5)11-12-6(8)9/h1-3,5H,(H4,8,9,12). The van der Waals surface area contributed by atoms with E-state index in [4.69, 9.17) is 23.1 Å². The van der Waals surface area contributed by atoms with E-state index in [0.29, 0.717) is 5.71 Å². The van der Waals surface area contributed by atoms with Crippen molar-refractivity contribution in [2.24, 2.45) is 26.7 Å². The molecule has 1 atom stereocenters. The summed E-state index contributed by atoms with van der Waals surface area (Å²) in [6.45, 7) is 0. The van der Waals surface area contributed by atoms with Crippen LogP contribution in [-0.2, 0) is 0 Å². The Labute approximate surface area is 74.5 Å². The van der Waals surface area contributed by atoms with E-state index in [-0.39, 0.29) is 5.96 Å². The Morgan fingerprint density at radius 1 is 1.58 bits per heavy atom. The monoisotopic (exact) mass is 185 g/mol. The lowest BCUT2D eigenvalue weighted by molar-refractivity contribution is 1.13. The topological polar surface area (TPSA) is 89.1 Å². The second-order valence-electron chi connectivity index (χ2n) is 2.04. The van der Waals surface area contributed by atoms with E-state index in [2.05, 4.69) is 15.2 Å². The predicted molar refractivity (Wildman–Crippen MR) is 50.5 cm³/mol. The minimum Gasteiger partial charge on any atom is -0.369 e. The van der Waals surface area contributed by atoms with Crippen molar-refractivity contribution in [3.8, 4) is 0 Å². The van der Waals surface area contributed by atoms with E-state index in [0.717, 1.165) is 0 Å². The highest BCUT2D eigenvalue weighted by Crippen LogP contribution is 2.05. The first-order valence-electron chi connectivity index (χ1n) is 3.20. The van der Waals surface area contributed by atoms with Gasteiger partial charge in [0.1, 0.15) is 5.71 Å². The molecule has 4 N–H and O–H groups in total. The van der Waals surface area contributed by atoms with Gasteiger partial charge in [0.2, 0.25) is 5.96 Å². The molecule has 1 unspecified atom stereocenters. The van der Waals surface area contributed by atoms with Gasteiger partial charge in [-0.2, -0.15) is 0 Å². The predicted octanol–water partition coefficient (Wildman–Crippen LogP) is -0.179. The summed E-state index contributed by atoms with van der Waals surface area (Å²) in [6, 6.07) is 0. The number of dihydropyridines is 1. The van der Waals surface area contributed by atoms with E-state index < -0.39 is 5.50 Å². The molecule has 0 fully saturated rings. The zero-order valence-electron chi connectivity index (χ0n) is 6.18. The quantitative estimate of drug-likeness (QED) is 0.195. The van der Waals surface area contributed by atoms with Crippen molar-refractivity contribution in [3.05, 3.63) is 12.2 Å². The maximum Gasteiger partial charge on any atom is 0.211 e. The van der Waals surface area contributed by atoms with E-state index in [1.807, 2.05) is 0 Å². The fraction of sp³-hybridized carbons (Fsp3) is 0.167. The molecule has 0 saturated carbocycles. The molecule has 6 heteroatoms. The number of halogens is 1. The van der Waals surface area contributed by atoms with Crippen LogP contribution in [0.4, 0.5) is 0 Å². The molecule has 1 heterocycles. The van der Waals surface area contributed by atoms with Gasteiger partial charge in [0, 0.05) is 6.21 Å². The van der Waals surface area contributed by atoms with E-state index in [9.17, 15) is 0 Å². The van der Waals surface area contributed by atoms with Crippen LogP contribution in [0.25, 0.3) is 0 Å². The molecule has 0 aromatic carbocycles. The molecule has 12 heavy (non-hydrogen) atoms. The first kappa shape index (κ1) is 8.73. The summed E-state index contributed by atoms with van der Waals surface area (Å²) in [5, 5.41) is 7.14. The maximum absolute atomic E-state index is 5.74. The molecule has 1 aliphatic heterocycles. The van der Waals surface area contributed by atoms with Crippen LogP contribution in [0.1, 0.15) is 0 Å². The fourth-order valence-electron chi connectivity index (χ4n) is 0.619. The summed E-state index contributed by atoms with van der Waals surface area (Å²) >= 11 is 5.74. The second kappa shape index (κ2) is 3.87. The number of aliphatic imine (C=N–C) groups is 1. The van der Waals surface area contributed by atoms with Crippen molar-refractivity contribution in [1.82, 2.24) is 0 Å². The van der Waals surface area contributed by atoms with Crippen LogP contribution in [0.3, 0.4) is 0 Å². The summed E-state index contributed by atoms with van der Waals surface area (Å²) in [4.78, 5) is 3.86. The van der Waals surface area contributed by atoms with Gasteiger partial charge in [-0.05, 0) is 12.2 Å². The lowest BCUT2D eigenvalue weighted by Crippen LogP contribution is -2.22. The van der Waals surface area contributed by atoms with Crippen molar-refractivity contribution >= 4 is 29.5 Å². The summed E-state index contributed by atoms with van der Waals surface area (Å²) in [6.07, 6.45) is 4.99. The molecule has 0 aromatic rings. The van der Waals surface area contributed by atoms with Crippen LogP contribution in [-0.4, -0.2) is 23.4 Å². The maximum atomic E-state index is 5.74. The van der Waals surface area contributed by atoms with Crippen molar-refractivity contribution in [2.75, 3.05) is 0 Å². The highest BCUT2D eigenvalue weighted by atomic mass is 35.5. The van der Waals surface area contributed by atoms with Gasteiger partial charge in [0.15, 0.2) is 5.50 Å². The number of guanidine groups is 1. The number of hydrogen-bond donors (Lipinski definition) is 2. The summed E-state index contributed by atoms with van der Waals surface area (Å²) in [5.74, 6) is -0.102. The van der Waals surface area contributed by atoms with Crippen molar-refractivity contribution in [3.63, 3.8) is 0 Å². The molecular weight excluding hydrogens is 178 g/mol. The molecule has 0 amide bonds. The smallest absolute Gasteiger partial charge is 0.211 e. The van der Waals surface area contributed by atoms with E-state index >= 15 is 0 Å². The molecule has 1 aliphatic rings. The van der Waals surface area contributed by atoms with Crippen LogP contribution < -0.4 is 11.5 Å². The minimum absolute atomic E-state index is 0.102. The van der Waals surface area contributed by atoms with Gasteiger partial charge in [0.25, 0.3) is 0 Å². The van der Waals surface area contributed by atoms with Crippen molar-refractivity contribution in [2.45, 2.75) is 5.50 Å². The second-order valence-corrected chi connectivity index (χ2v) is 2.46. The van der Waals surface area contributed by atoms with Crippen LogP contribution >= 0.6 is 11.6 Å². The van der Waals surface area contributed by atoms with Gasteiger partial charge in [-0.1, -0.05) is 11.6 Å². The highest BCUT2D eigenvalue weighted by Gasteiger charge is 2.09. The van der Waals surface area contributed by atoms with E-state index in [1.54, 1.807) is 18.4 Å². The molecule has 0 spiro atoms. The Bertz CT molecular complexity index is 274. The fourth-order valence-corrected chi connectivity index (χ4v) is 0.801. The molecule has 1 rings (SSSR count). The van der Waals surface area contributed by atoms with Crippen molar-refractivity contribution in [1.29, 1.82) is 0 Å².